The maximum absolute atomic E-state index is 13.7. The van der Waals surface area contributed by atoms with Crippen molar-refractivity contribution < 1.29 is 18.7 Å². The quantitative estimate of drug-likeness (QED) is 0.342. The molecule has 0 saturated heterocycles. The molecule has 1 amide bonds. The molecule has 0 spiro atoms. The van der Waals surface area contributed by atoms with Gasteiger partial charge in [0.15, 0.2) is 16.9 Å². The minimum absolute atomic E-state index is 0.0283. The number of anilines is 1. The van der Waals surface area contributed by atoms with Crippen molar-refractivity contribution >= 4 is 34.2 Å². The minimum atomic E-state index is -0.709. The molecule has 1 aliphatic rings. The maximum atomic E-state index is 13.7. The van der Waals surface area contributed by atoms with Gasteiger partial charge in [0, 0.05) is 10.7 Å². The van der Waals surface area contributed by atoms with Crippen LogP contribution in [-0.2, 0) is 0 Å². The molecule has 5 rings (SSSR count). The van der Waals surface area contributed by atoms with Gasteiger partial charge in [0.05, 0.1) is 30.2 Å². The Labute approximate surface area is 201 Å². The van der Waals surface area contributed by atoms with E-state index in [1.54, 1.807) is 29.2 Å². The second-order valence-electron chi connectivity index (χ2n) is 7.80. The van der Waals surface area contributed by atoms with Crippen LogP contribution in [0.3, 0.4) is 0 Å². The number of hydrogen-bond donors (Lipinski definition) is 0. The summed E-state index contributed by atoms with van der Waals surface area (Å²) >= 11 is 6.16. The first kappa shape index (κ1) is 22.0. The molecule has 0 fully saturated rings. The van der Waals surface area contributed by atoms with Gasteiger partial charge in [-0.3, -0.25) is 14.5 Å². The smallest absolute Gasteiger partial charge is 0.295 e. The molecule has 6 nitrogen and oxygen atoms in total. The van der Waals surface area contributed by atoms with Crippen molar-refractivity contribution in [2.24, 2.45) is 0 Å². The number of rotatable bonds is 6. The van der Waals surface area contributed by atoms with Gasteiger partial charge < -0.3 is 13.9 Å². The summed E-state index contributed by atoms with van der Waals surface area (Å²) in [7, 11) is 0. The number of carbonyl (C=O) groups excluding carboxylic acids is 1. The summed E-state index contributed by atoms with van der Waals surface area (Å²) in [6, 6.07) is 18.8. The van der Waals surface area contributed by atoms with Gasteiger partial charge in [0.25, 0.3) is 5.91 Å². The molecule has 0 radical (unpaired) electrons. The van der Waals surface area contributed by atoms with Crippen LogP contribution in [0.4, 0.5) is 5.69 Å². The van der Waals surface area contributed by atoms with Crippen molar-refractivity contribution in [2.75, 3.05) is 18.1 Å². The second-order valence-corrected chi connectivity index (χ2v) is 8.24. The van der Waals surface area contributed by atoms with Gasteiger partial charge in [0.2, 0.25) is 5.76 Å². The summed E-state index contributed by atoms with van der Waals surface area (Å²) in [5.41, 5.74) is 1.66. The molecule has 7 heteroatoms. The molecule has 1 aromatic heterocycles. The summed E-state index contributed by atoms with van der Waals surface area (Å²) in [5, 5.41) is 0.746. The number of nitrogens with zero attached hydrogens (tertiary/aromatic N) is 1. The SMILES string of the molecule is CCOc1ccc(C2c3c(oc4ccc(Cl)cc4c3=O)C(=O)N2c2ccccc2)cc1OCC. The van der Waals surface area contributed by atoms with E-state index in [2.05, 4.69) is 0 Å². The van der Waals surface area contributed by atoms with Crippen LogP contribution >= 0.6 is 11.6 Å². The zero-order valence-corrected chi connectivity index (χ0v) is 19.5. The Kier molecular flexibility index (Phi) is 5.75. The Morgan fingerprint density at radius 3 is 2.38 bits per heavy atom. The average molecular weight is 476 g/mol. The molecular weight excluding hydrogens is 454 g/mol. The van der Waals surface area contributed by atoms with Crippen molar-refractivity contribution in [3.8, 4) is 11.5 Å². The summed E-state index contributed by atoms with van der Waals surface area (Å²) < 4.78 is 17.5. The van der Waals surface area contributed by atoms with E-state index in [0.717, 1.165) is 0 Å². The van der Waals surface area contributed by atoms with E-state index in [0.29, 0.717) is 52.0 Å². The van der Waals surface area contributed by atoms with Gasteiger partial charge in [-0.2, -0.15) is 0 Å². The summed E-state index contributed by atoms with van der Waals surface area (Å²) in [6.45, 7) is 4.71. The minimum Gasteiger partial charge on any atom is -0.490 e. The number of benzene rings is 3. The third kappa shape index (κ3) is 3.60. The highest BCUT2D eigenvalue weighted by molar-refractivity contribution is 6.31. The summed E-state index contributed by atoms with van der Waals surface area (Å²) in [4.78, 5) is 28.9. The zero-order valence-electron chi connectivity index (χ0n) is 18.7. The van der Waals surface area contributed by atoms with Gasteiger partial charge in [0.1, 0.15) is 5.58 Å². The van der Waals surface area contributed by atoms with Crippen molar-refractivity contribution in [2.45, 2.75) is 19.9 Å². The highest BCUT2D eigenvalue weighted by Gasteiger charge is 2.43. The predicted molar refractivity (Wildman–Crippen MR) is 131 cm³/mol. The second kappa shape index (κ2) is 8.88. The van der Waals surface area contributed by atoms with Crippen LogP contribution in [0.15, 0.2) is 75.9 Å². The normalized spacial score (nSPS) is 15.0. The third-order valence-electron chi connectivity index (χ3n) is 5.75. The van der Waals surface area contributed by atoms with E-state index in [9.17, 15) is 9.59 Å². The lowest BCUT2D eigenvalue weighted by molar-refractivity contribution is 0.0971. The topological polar surface area (TPSA) is 69.0 Å². The molecule has 172 valence electrons. The van der Waals surface area contributed by atoms with Crippen LogP contribution < -0.4 is 19.8 Å². The van der Waals surface area contributed by atoms with Gasteiger partial charge in [-0.05, 0) is 61.9 Å². The Balaban J connectivity index is 1.78. The van der Waals surface area contributed by atoms with E-state index in [1.807, 2.05) is 56.3 Å². The first-order valence-corrected chi connectivity index (χ1v) is 11.5. The molecule has 1 atom stereocenters. The fraction of sp³-hybridized carbons (Fsp3) is 0.185. The van der Waals surface area contributed by atoms with Gasteiger partial charge in [-0.15, -0.1) is 0 Å². The lowest BCUT2D eigenvalue weighted by Crippen LogP contribution is -2.29. The molecule has 0 bridgehead atoms. The van der Waals surface area contributed by atoms with Crippen molar-refractivity contribution in [1.29, 1.82) is 0 Å². The fourth-order valence-electron chi connectivity index (χ4n) is 4.35. The van der Waals surface area contributed by atoms with Crippen LogP contribution in [0.2, 0.25) is 5.02 Å². The summed E-state index contributed by atoms with van der Waals surface area (Å²) in [6.07, 6.45) is 0. The van der Waals surface area contributed by atoms with Crippen molar-refractivity contribution in [3.05, 3.63) is 98.9 Å². The standard InChI is InChI=1S/C27H22ClNO5/c1-3-32-21-12-10-16(14-22(21)33-4-2)24-23-25(30)19-15-17(28)11-13-20(19)34-26(23)27(31)29(24)18-8-6-5-7-9-18/h5-15,24H,3-4H2,1-2H3. The number of ether oxygens (including phenoxy) is 2. The maximum Gasteiger partial charge on any atom is 0.295 e. The number of fused-ring (bicyclic) bond motifs is 2. The highest BCUT2D eigenvalue weighted by Crippen LogP contribution is 2.43. The van der Waals surface area contributed by atoms with E-state index in [4.69, 9.17) is 25.5 Å². The number of amides is 1. The molecule has 4 aromatic rings. The van der Waals surface area contributed by atoms with Gasteiger partial charge in [-0.1, -0.05) is 35.9 Å². The van der Waals surface area contributed by atoms with Crippen LogP contribution in [0.1, 0.15) is 41.6 Å². The molecule has 0 saturated carbocycles. The Morgan fingerprint density at radius 1 is 0.912 bits per heavy atom. The van der Waals surface area contributed by atoms with Gasteiger partial charge >= 0.3 is 0 Å². The van der Waals surface area contributed by atoms with E-state index in [1.165, 1.54) is 0 Å². The largest absolute Gasteiger partial charge is 0.490 e. The first-order valence-electron chi connectivity index (χ1n) is 11.1. The molecule has 3 aromatic carbocycles. The van der Waals surface area contributed by atoms with Crippen LogP contribution in [-0.4, -0.2) is 19.1 Å². The van der Waals surface area contributed by atoms with Crippen molar-refractivity contribution in [1.82, 2.24) is 0 Å². The summed E-state index contributed by atoms with van der Waals surface area (Å²) in [5.74, 6) is 0.790. The number of carbonyl (C=O) groups is 1. The lowest BCUT2D eigenvalue weighted by atomic mass is 9.97. The monoisotopic (exact) mass is 475 g/mol. The first-order chi connectivity index (χ1) is 16.5. The molecule has 0 aliphatic carbocycles. The number of para-hydroxylation sites is 1. The highest BCUT2D eigenvalue weighted by atomic mass is 35.5. The molecule has 0 N–H and O–H groups in total. The Bertz CT molecular complexity index is 1450. The zero-order chi connectivity index (χ0) is 23.8. The van der Waals surface area contributed by atoms with E-state index >= 15 is 0 Å². The molecule has 2 heterocycles. The van der Waals surface area contributed by atoms with Crippen molar-refractivity contribution in [3.63, 3.8) is 0 Å². The molecule has 1 aliphatic heterocycles. The number of hydrogen-bond acceptors (Lipinski definition) is 5. The van der Waals surface area contributed by atoms with Crippen LogP contribution in [0.25, 0.3) is 11.0 Å². The Hall–Kier alpha value is -3.77. The lowest BCUT2D eigenvalue weighted by Gasteiger charge is -2.26. The Morgan fingerprint density at radius 2 is 1.65 bits per heavy atom. The van der Waals surface area contributed by atoms with E-state index in [-0.39, 0.29) is 22.7 Å². The average Bonchev–Trinajstić information content (AvgIpc) is 3.14. The van der Waals surface area contributed by atoms with Gasteiger partial charge in [-0.25, -0.2) is 0 Å². The number of halogens is 1. The van der Waals surface area contributed by atoms with Crippen LogP contribution in [0.5, 0.6) is 11.5 Å². The molecule has 1 unspecified atom stereocenters. The fourth-order valence-corrected chi connectivity index (χ4v) is 4.53. The molecular formula is C27H22ClNO5. The van der Waals surface area contributed by atoms with Crippen LogP contribution in [0, 0.1) is 0 Å². The third-order valence-corrected chi connectivity index (χ3v) is 5.98. The molecule has 34 heavy (non-hydrogen) atoms. The van der Waals surface area contributed by atoms with E-state index < -0.39 is 6.04 Å². The predicted octanol–water partition coefficient (Wildman–Crippen LogP) is 5.99.